The number of rotatable bonds is 9. The maximum atomic E-state index is 11.9. The molecule has 0 heterocycles. The zero-order valence-electron chi connectivity index (χ0n) is 16.3. The van der Waals surface area contributed by atoms with E-state index >= 15 is 0 Å². The number of carbonyl (C=O) groups is 1. The molecule has 0 saturated carbocycles. The topological polar surface area (TPSA) is 38.3 Å². The standard InChI is InChI=1S/C22H28ClNO2S/c1-22(2,3)19-7-4-5-8-20(19)26-15-14-24-21(25)9-6-16-27-18-12-10-17(23)11-13-18/h4-5,7-8,10-13H,6,9,14-16H2,1-3H3,(H,24,25). The fourth-order valence-electron chi connectivity index (χ4n) is 2.61. The van der Waals surface area contributed by atoms with E-state index in [0.717, 1.165) is 22.9 Å². The maximum Gasteiger partial charge on any atom is 0.220 e. The molecule has 1 amide bonds. The number of para-hydroxylation sites is 1. The summed E-state index contributed by atoms with van der Waals surface area (Å²) in [6.45, 7) is 7.48. The lowest BCUT2D eigenvalue weighted by molar-refractivity contribution is -0.121. The fraction of sp³-hybridized carbons (Fsp3) is 0.409. The summed E-state index contributed by atoms with van der Waals surface area (Å²) in [5.41, 5.74) is 1.21. The third kappa shape index (κ3) is 7.86. The Morgan fingerprint density at radius 1 is 1.11 bits per heavy atom. The van der Waals surface area contributed by atoms with Crippen molar-refractivity contribution in [3.63, 3.8) is 0 Å². The van der Waals surface area contributed by atoms with Crippen molar-refractivity contribution in [1.29, 1.82) is 0 Å². The minimum atomic E-state index is 0.0294. The van der Waals surface area contributed by atoms with Crippen molar-refractivity contribution in [3.05, 3.63) is 59.1 Å². The molecule has 146 valence electrons. The molecule has 0 unspecified atom stereocenters. The Morgan fingerprint density at radius 2 is 1.81 bits per heavy atom. The molecule has 27 heavy (non-hydrogen) atoms. The number of nitrogens with one attached hydrogen (secondary N) is 1. The first-order valence-electron chi connectivity index (χ1n) is 9.23. The molecular formula is C22H28ClNO2S. The third-order valence-corrected chi connectivity index (χ3v) is 5.36. The lowest BCUT2D eigenvalue weighted by Crippen LogP contribution is -2.28. The summed E-state index contributed by atoms with van der Waals surface area (Å²) in [4.78, 5) is 13.1. The summed E-state index contributed by atoms with van der Waals surface area (Å²) < 4.78 is 5.88. The summed E-state index contributed by atoms with van der Waals surface area (Å²) in [5, 5.41) is 3.67. The molecule has 0 atom stereocenters. The molecule has 0 radical (unpaired) electrons. The molecule has 3 nitrogen and oxygen atoms in total. The zero-order chi connectivity index (χ0) is 19.7. The van der Waals surface area contributed by atoms with Crippen LogP contribution in [0.3, 0.4) is 0 Å². The number of halogens is 1. The summed E-state index contributed by atoms with van der Waals surface area (Å²) in [6.07, 6.45) is 1.37. The van der Waals surface area contributed by atoms with Gasteiger partial charge in [0.05, 0.1) is 6.54 Å². The van der Waals surface area contributed by atoms with Gasteiger partial charge in [-0.3, -0.25) is 4.79 Å². The van der Waals surface area contributed by atoms with Crippen molar-refractivity contribution in [3.8, 4) is 5.75 Å². The van der Waals surface area contributed by atoms with Gasteiger partial charge in [0.2, 0.25) is 5.91 Å². The first kappa shape index (κ1) is 21.6. The highest BCUT2D eigenvalue weighted by molar-refractivity contribution is 7.99. The Labute approximate surface area is 171 Å². The van der Waals surface area contributed by atoms with Gasteiger partial charge in [0.25, 0.3) is 0 Å². The second-order valence-corrected chi connectivity index (χ2v) is 8.96. The van der Waals surface area contributed by atoms with E-state index < -0.39 is 0 Å². The van der Waals surface area contributed by atoms with Crippen LogP contribution in [0.1, 0.15) is 39.2 Å². The number of carbonyl (C=O) groups excluding carboxylic acids is 1. The first-order chi connectivity index (χ1) is 12.9. The predicted molar refractivity (Wildman–Crippen MR) is 115 cm³/mol. The van der Waals surface area contributed by atoms with E-state index in [0.29, 0.717) is 19.6 Å². The Bertz CT molecular complexity index is 726. The maximum absolute atomic E-state index is 11.9. The van der Waals surface area contributed by atoms with E-state index in [1.54, 1.807) is 11.8 Å². The van der Waals surface area contributed by atoms with Crippen LogP contribution in [0.5, 0.6) is 5.75 Å². The smallest absolute Gasteiger partial charge is 0.220 e. The van der Waals surface area contributed by atoms with Crippen LogP contribution >= 0.6 is 23.4 Å². The summed E-state index contributed by atoms with van der Waals surface area (Å²) in [6, 6.07) is 15.8. The molecule has 1 N–H and O–H groups in total. The van der Waals surface area contributed by atoms with Crippen LogP contribution in [0.15, 0.2) is 53.4 Å². The van der Waals surface area contributed by atoms with Crippen LogP contribution < -0.4 is 10.1 Å². The van der Waals surface area contributed by atoms with Crippen molar-refractivity contribution in [2.45, 2.75) is 43.9 Å². The van der Waals surface area contributed by atoms with Gasteiger partial charge >= 0.3 is 0 Å². The summed E-state index contributed by atoms with van der Waals surface area (Å²) in [5.74, 6) is 1.86. The SMILES string of the molecule is CC(C)(C)c1ccccc1OCCNC(=O)CCCSc1ccc(Cl)cc1. The largest absolute Gasteiger partial charge is 0.491 e. The molecule has 2 aromatic rings. The minimum Gasteiger partial charge on any atom is -0.491 e. The Hall–Kier alpha value is -1.65. The van der Waals surface area contributed by atoms with E-state index in [1.807, 2.05) is 42.5 Å². The molecular weight excluding hydrogens is 378 g/mol. The van der Waals surface area contributed by atoms with E-state index in [9.17, 15) is 4.79 Å². The normalized spacial score (nSPS) is 11.3. The van der Waals surface area contributed by atoms with Gasteiger partial charge in [0.15, 0.2) is 0 Å². The predicted octanol–water partition coefficient (Wildman–Crippen LogP) is 5.71. The highest BCUT2D eigenvalue weighted by Crippen LogP contribution is 2.30. The van der Waals surface area contributed by atoms with Gasteiger partial charge in [-0.25, -0.2) is 0 Å². The summed E-state index contributed by atoms with van der Waals surface area (Å²) in [7, 11) is 0. The van der Waals surface area contributed by atoms with Crippen LogP contribution in [0.4, 0.5) is 0 Å². The van der Waals surface area contributed by atoms with Crippen LogP contribution in [-0.4, -0.2) is 24.8 Å². The highest BCUT2D eigenvalue weighted by atomic mass is 35.5. The van der Waals surface area contributed by atoms with Crippen LogP contribution in [0.25, 0.3) is 0 Å². The number of ether oxygens (including phenoxy) is 1. The Kier molecular flexibility index (Phi) is 8.52. The van der Waals surface area contributed by atoms with Crippen molar-refractivity contribution in [2.24, 2.45) is 0 Å². The van der Waals surface area contributed by atoms with Crippen LogP contribution in [0, 0.1) is 0 Å². The van der Waals surface area contributed by atoms with Crippen molar-refractivity contribution in [2.75, 3.05) is 18.9 Å². The van der Waals surface area contributed by atoms with Crippen LogP contribution in [-0.2, 0) is 10.2 Å². The van der Waals surface area contributed by atoms with Gasteiger partial charge in [-0.15, -0.1) is 11.8 Å². The van der Waals surface area contributed by atoms with Gasteiger partial charge in [-0.2, -0.15) is 0 Å². The quantitative estimate of drug-likeness (QED) is 0.429. The first-order valence-corrected chi connectivity index (χ1v) is 10.6. The number of benzene rings is 2. The molecule has 0 spiro atoms. The lowest BCUT2D eigenvalue weighted by Gasteiger charge is -2.22. The number of hydrogen-bond donors (Lipinski definition) is 1. The minimum absolute atomic E-state index is 0.0294. The van der Waals surface area contributed by atoms with Gasteiger partial charge < -0.3 is 10.1 Å². The second kappa shape index (κ2) is 10.6. The molecule has 0 aliphatic rings. The van der Waals surface area contributed by atoms with E-state index in [1.165, 1.54) is 10.5 Å². The van der Waals surface area contributed by atoms with Crippen molar-refractivity contribution >= 4 is 29.3 Å². The average Bonchev–Trinajstić information content (AvgIpc) is 2.63. The number of hydrogen-bond acceptors (Lipinski definition) is 3. The molecule has 0 aromatic heterocycles. The monoisotopic (exact) mass is 405 g/mol. The van der Waals surface area contributed by atoms with Crippen molar-refractivity contribution in [1.82, 2.24) is 5.32 Å². The number of thioether (sulfide) groups is 1. The number of amides is 1. The lowest BCUT2D eigenvalue weighted by atomic mass is 9.86. The highest BCUT2D eigenvalue weighted by Gasteiger charge is 2.18. The van der Waals surface area contributed by atoms with Gasteiger partial charge in [-0.05, 0) is 53.5 Å². The average molecular weight is 406 g/mol. The van der Waals surface area contributed by atoms with Gasteiger partial charge in [-0.1, -0.05) is 50.6 Å². The van der Waals surface area contributed by atoms with Crippen molar-refractivity contribution < 1.29 is 9.53 Å². The molecule has 0 saturated heterocycles. The molecule has 0 bridgehead atoms. The summed E-state index contributed by atoms with van der Waals surface area (Å²) >= 11 is 7.61. The molecule has 2 aromatic carbocycles. The molecule has 5 heteroatoms. The van der Waals surface area contributed by atoms with E-state index in [-0.39, 0.29) is 11.3 Å². The van der Waals surface area contributed by atoms with Gasteiger partial charge in [0, 0.05) is 16.3 Å². The Morgan fingerprint density at radius 3 is 2.52 bits per heavy atom. The van der Waals surface area contributed by atoms with E-state index in [4.69, 9.17) is 16.3 Å². The molecule has 0 aliphatic heterocycles. The Balaban J connectivity index is 1.62. The van der Waals surface area contributed by atoms with Gasteiger partial charge in [0.1, 0.15) is 12.4 Å². The third-order valence-electron chi connectivity index (χ3n) is 4.01. The fourth-order valence-corrected chi connectivity index (χ4v) is 3.58. The molecule has 0 fully saturated rings. The second-order valence-electron chi connectivity index (χ2n) is 7.35. The molecule has 2 rings (SSSR count). The zero-order valence-corrected chi connectivity index (χ0v) is 17.8. The van der Waals surface area contributed by atoms with E-state index in [2.05, 4.69) is 32.2 Å². The molecule has 0 aliphatic carbocycles. The van der Waals surface area contributed by atoms with Crippen LogP contribution in [0.2, 0.25) is 5.02 Å².